The number of amides is 2. The largest absolute Gasteiger partial charge is 0.383 e. The Labute approximate surface area is 187 Å². The first-order valence-electron chi connectivity index (χ1n) is 11.6. The standard InChI is InChI=1S/C24H31N3O3S/c1-30-15-14-27-21(22(28)25-16-8-3-2-4-9-16)18-11-7-13-26(18)24-20(23(27)29)17-10-5-6-12-19(17)31-24/h7,11,13,16,21H,2-6,8-10,12,14-15H2,1H3,(H,25,28). The van der Waals surface area contributed by atoms with Crippen molar-refractivity contribution in [1.29, 1.82) is 0 Å². The Balaban J connectivity index is 1.57. The third-order valence-electron chi connectivity index (χ3n) is 6.95. The SMILES string of the molecule is COCCN1C(=O)c2c(sc3c2CCCC3)-n2cccc2C1C(=O)NC1CCCCC1. The zero-order valence-corrected chi connectivity index (χ0v) is 19.0. The molecule has 1 unspecified atom stereocenters. The number of hydrogen-bond donors (Lipinski definition) is 1. The molecule has 3 aliphatic rings. The maximum absolute atomic E-state index is 13.9. The van der Waals surface area contributed by atoms with E-state index in [2.05, 4.69) is 9.88 Å². The molecule has 0 spiro atoms. The van der Waals surface area contributed by atoms with Crippen LogP contribution in [0.5, 0.6) is 0 Å². The van der Waals surface area contributed by atoms with Crippen LogP contribution in [0.2, 0.25) is 0 Å². The summed E-state index contributed by atoms with van der Waals surface area (Å²) in [5, 5.41) is 4.25. The molecule has 1 atom stereocenters. The number of aromatic nitrogens is 1. The molecule has 1 saturated carbocycles. The summed E-state index contributed by atoms with van der Waals surface area (Å²) in [5.74, 6) is -0.0979. The number of carbonyl (C=O) groups excluding carboxylic acids is 2. The maximum atomic E-state index is 13.9. The third kappa shape index (κ3) is 3.72. The third-order valence-corrected chi connectivity index (χ3v) is 8.25. The molecule has 2 aromatic heterocycles. The lowest BCUT2D eigenvalue weighted by molar-refractivity contribution is -0.127. The number of methoxy groups -OCH3 is 1. The fourth-order valence-electron chi connectivity index (χ4n) is 5.39. The summed E-state index contributed by atoms with van der Waals surface area (Å²) in [4.78, 5) is 30.6. The highest BCUT2D eigenvalue weighted by Gasteiger charge is 2.41. The van der Waals surface area contributed by atoms with E-state index in [1.54, 1.807) is 23.3 Å². The Morgan fingerprint density at radius 1 is 1.19 bits per heavy atom. The van der Waals surface area contributed by atoms with Gasteiger partial charge in [0, 0.05) is 30.8 Å². The predicted octanol–water partition coefficient (Wildman–Crippen LogP) is 4.01. The predicted molar refractivity (Wildman–Crippen MR) is 121 cm³/mol. The van der Waals surface area contributed by atoms with Gasteiger partial charge in [-0.1, -0.05) is 19.3 Å². The van der Waals surface area contributed by atoms with E-state index in [1.807, 2.05) is 18.3 Å². The monoisotopic (exact) mass is 441 g/mol. The lowest BCUT2D eigenvalue weighted by Crippen LogP contribution is -2.47. The molecule has 0 bridgehead atoms. The van der Waals surface area contributed by atoms with Crippen LogP contribution in [0, 0.1) is 0 Å². The Bertz CT molecular complexity index is 973. The van der Waals surface area contributed by atoms with Gasteiger partial charge < -0.3 is 19.5 Å². The molecule has 7 heteroatoms. The molecule has 0 radical (unpaired) electrons. The molecule has 0 saturated heterocycles. The normalized spacial score (nSPS) is 21.3. The fourth-order valence-corrected chi connectivity index (χ4v) is 6.77. The second-order valence-corrected chi connectivity index (χ2v) is 10.0. The van der Waals surface area contributed by atoms with Crippen LogP contribution in [0.1, 0.15) is 77.5 Å². The lowest BCUT2D eigenvalue weighted by Gasteiger charge is -2.32. The van der Waals surface area contributed by atoms with Crippen molar-refractivity contribution in [2.24, 2.45) is 0 Å². The lowest BCUT2D eigenvalue weighted by atomic mass is 9.94. The molecule has 5 rings (SSSR count). The topological polar surface area (TPSA) is 63.6 Å². The van der Waals surface area contributed by atoms with Crippen molar-refractivity contribution in [2.45, 2.75) is 69.9 Å². The van der Waals surface area contributed by atoms with Crippen molar-refractivity contribution >= 4 is 23.2 Å². The van der Waals surface area contributed by atoms with Gasteiger partial charge in [0.2, 0.25) is 5.91 Å². The fraction of sp³-hybridized carbons (Fsp3) is 0.583. The Morgan fingerprint density at radius 3 is 2.81 bits per heavy atom. The minimum atomic E-state index is -0.640. The van der Waals surface area contributed by atoms with Gasteiger partial charge in [-0.15, -0.1) is 11.3 Å². The summed E-state index contributed by atoms with van der Waals surface area (Å²) in [7, 11) is 1.64. The first-order chi connectivity index (χ1) is 15.2. The van der Waals surface area contributed by atoms with Gasteiger partial charge in [0.15, 0.2) is 6.04 Å². The van der Waals surface area contributed by atoms with Gasteiger partial charge in [0.05, 0.1) is 17.9 Å². The number of aryl methyl sites for hydroxylation is 1. The highest BCUT2D eigenvalue weighted by atomic mass is 32.1. The van der Waals surface area contributed by atoms with Gasteiger partial charge in [-0.3, -0.25) is 9.59 Å². The van der Waals surface area contributed by atoms with Crippen LogP contribution in [0.3, 0.4) is 0 Å². The van der Waals surface area contributed by atoms with E-state index < -0.39 is 6.04 Å². The molecule has 31 heavy (non-hydrogen) atoms. The van der Waals surface area contributed by atoms with Crippen LogP contribution in [0.15, 0.2) is 18.3 Å². The Hall–Kier alpha value is -2.12. The number of hydrogen-bond acceptors (Lipinski definition) is 4. The molecule has 2 amide bonds. The number of nitrogens with one attached hydrogen (secondary N) is 1. The number of carbonyl (C=O) groups is 2. The van der Waals surface area contributed by atoms with Crippen molar-refractivity contribution in [3.05, 3.63) is 40.0 Å². The number of fused-ring (bicyclic) bond motifs is 5. The van der Waals surface area contributed by atoms with Crippen LogP contribution in [0.4, 0.5) is 0 Å². The summed E-state index contributed by atoms with van der Waals surface area (Å²) in [6.07, 6.45) is 11.9. The van der Waals surface area contributed by atoms with Crippen LogP contribution < -0.4 is 5.32 Å². The van der Waals surface area contributed by atoms with E-state index >= 15 is 0 Å². The van der Waals surface area contributed by atoms with Crippen LogP contribution in [-0.4, -0.2) is 47.6 Å². The number of ether oxygens (including phenoxy) is 1. The van der Waals surface area contributed by atoms with Crippen LogP contribution in [0.25, 0.3) is 5.00 Å². The van der Waals surface area contributed by atoms with Gasteiger partial charge in [-0.2, -0.15) is 0 Å². The highest BCUT2D eigenvalue weighted by Crippen LogP contribution is 2.42. The van der Waals surface area contributed by atoms with Crippen molar-refractivity contribution < 1.29 is 14.3 Å². The van der Waals surface area contributed by atoms with E-state index in [0.29, 0.717) is 13.2 Å². The number of thiophene rings is 1. The number of nitrogens with zero attached hydrogens (tertiary/aromatic N) is 2. The van der Waals surface area contributed by atoms with Crippen molar-refractivity contribution in [1.82, 2.24) is 14.8 Å². The van der Waals surface area contributed by atoms with Gasteiger partial charge >= 0.3 is 0 Å². The molecular formula is C24H31N3O3S. The quantitative estimate of drug-likeness (QED) is 0.763. The molecule has 1 fully saturated rings. The van der Waals surface area contributed by atoms with E-state index in [0.717, 1.165) is 61.2 Å². The van der Waals surface area contributed by atoms with Crippen LogP contribution >= 0.6 is 11.3 Å². The molecule has 1 aliphatic heterocycles. The minimum Gasteiger partial charge on any atom is -0.383 e. The average Bonchev–Trinajstić information content (AvgIpc) is 3.39. The molecule has 166 valence electrons. The van der Waals surface area contributed by atoms with E-state index in [4.69, 9.17) is 4.74 Å². The van der Waals surface area contributed by atoms with Gasteiger partial charge in [0.25, 0.3) is 5.91 Å². The second kappa shape index (κ2) is 8.79. The van der Waals surface area contributed by atoms with Crippen molar-refractivity contribution in [3.8, 4) is 5.00 Å². The first-order valence-corrected chi connectivity index (χ1v) is 12.4. The Morgan fingerprint density at radius 2 is 2.00 bits per heavy atom. The Kier molecular flexibility index (Phi) is 5.89. The summed E-state index contributed by atoms with van der Waals surface area (Å²) < 4.78 is 7.42. The molecule has 1 N–H and O–H groups in total. The second-order valence-electron chi connectivity index (χ2n) is 8.93. The van der Waals surface area contributed by atoms with Gasteiger partial charge in [-0.25, -0.2) is 0 Å². The van der Waals surface area contributed by atoms with E-state index in [-0.39, 0.29) is 17.9 Å². The minimum absolute atomic E-state index is 0.0288. The van der Waals surface area contributed by atoms with Crippen LogP contribution in [-0.2, 0) is 22.4 Å². The van der Waals surface area contributed by atoms with Gasteiger partial charge in [-0.05, 0) is 56.2 Å². The van der Waals surface area contributed by atoms with E-state index in [9.17, 15) is 9.59 Å². The first kappa shape index (κ1) is 20.8. The summed E-state index contributed by atoms with van der Waals surface area (Å²) >= 11 is 1.73. The molecule has 2 aromatic rings. The summed E-state index contributed by atoms with van der Waals surface area (Å²) in [5.41, 5.74) is 2.88. The molecular weight excluding hydrogens is 410 g/mol. The molecule has 0 aromatic carbocycles. The maximum Gasteiger partial charge on any atom is 0.258 e. The molecule has 3 heterocycles. The zero-order chi connectivity index (χ0) is 21.4. The van der Waals surface area contributed by atoms with Gasteiger partial charge in [0.1, 0.15) is 5.00 Å². The molecule has 2 aliphatic carbocycles. The summed E-state index contributed by atoms with van der Waals surface area (Å²) in [6, 6.07) is 3.54. The smallest absolute Gasteiger partial charge is 0.258 e. The number of rotatable bonds is 5. The van der Waals surface area contributed by atoms with E-state index in [1.165, 1.54) is 23.3 Å². The summed E-state index contributed by atoms with van der Waals surface area (Å²) in [6.45, 7) is 0.800. The zero-order valence-electron chi connectivity index (χ0n) is 18.2. The average molecular weight is 442 g/mol. The van der Waals surface area contributed by atoms with Crippen molar-refractivity contribution in [3.63, 3.8) is 0 Å². The highest BCUT2D eigenvalue weighted by molar-refractivity contribution is 7.15. The molecule has 6 nitrogen and oxygen atoms in total. The van der Waals surface area contributed by atoms with Crippen molar-refractivity contribution in [2.75, 3.05) is 20.3 Å².